The Labute approximate surface area is 118 Å². The monoisotopic (exact) mass is 278 g/mol. The molecular formula is C15H18O5. The molecule has 0 heterocycles. The smallest absolute Gasteiger partial charge is 0.333 e. The standard InChI is InChI=1S/C15H18O5/c1-12(2)15(17)20-10-8-18-7-9-19-14-5-3-13(11-16)4-6-14/h3-6,11H,1,7-10H2,2H3. The fourth-order valence-electron chi connectivity index (χ4n) is 1.28. The second-order valence-electron chi connectivity index (χ2n) is 4.06. The third-order valence-electron chi connectivity index (χ3n) is 2.32. The topological polar surface area (TPSA) is 61.8 Å². The van der Waals surface area contributed by atoms with Crippen LogP contribution in [0.1, 0.15) is 17.3 Å². The maximum absolute atomic E-state index is 11.0. The highest BCUT2D eigenvalue weighted by Crippen LogP contribution is 2.10. The first-order valence-corrected chi connectivity index (χ1v) is 6.22. The normalized spacial score (nSPS) is 9.85. The van der Waals surface area contributed by atoms with E-state index in [9.17, 15) is 9.59 Å². The molecule has 0 N–H and O–H groups in total. The van der Waals surface area contributed by atoms with Crippen LogP contribution in [0.3, 0.4) is 0 Å². The summed E-state index contributed by atoms with van der Waals surface area (Å²) in [5.74, 6) is 0.257. The van der Waals surface area contributed by atoms with E-state index >= 15 is 0 Å². The lowest BCUT2D eigenvalue weighted by atomic mass is 10.2. The highest BCUT2D eigenvalue weighted by atomic mass is 16.6. The highest BCUT2D eigenvalue weighted by molar-refractivity contribution is 5.86. The number of hydrogen-bond acceptors (Lipinski definition) is 5. The number of aldehydes is 1. The van der Waals surface area contributed by atoms with Crippen LogP contribution in [-0.4, -0.2) is 38.7 Å². The zero-order valence-electron chi connectivity index (χ0n) is 11.5. The number of hydrogen-bond donors (Lipinski definition) is 0. The summed E-state index contributed by atoms with van der Waals surface area (Å²) in [6, 6.07) is 6.80. The summed E-state index contributed by atoms with van der Waals surface area (Å²) in [5.41, 5.74) is 0.972. The average Bonchev–Trinajstić information content (AvgIpc) is 2.46. The SMILES string of the molecule is C=C(C)C(=O)OCCOCCOc1ccc(C=O)cc1. The third-order valence-corrected chi connectivity index (χ3v) is 2.32. The van der Waals surface area contributed by atoms with E-state index < -0.39 is 5.97 Å². The van der Waals surface area contributed by atoms with Crippen LogP contribution in [-0.2, 0) is 14.3 Å². The zero-order valence-corrected chi connectivity index (χ0v) is 11.5. The van der Waals surface area contributed by atoms with Crippen molar-refractivity contribution in [3.63, 3.8) is 0 Å². The Balaban J connectivity index is 2.05. The molecule has 0 radical (unpaired) electrons. The molecule has 0 aliphatic heterocycles. The minimum Gasteiger partial charge on any atom is -0.491 e. The maximum atomic E-state index is 11.0. The minimum atomic E-state index is -0.417. The fourth-order valence-corrected chi connectivity index (χ4v) is 1.28. The molecule has 0 fully saturated rings. The molecule has 0 atom stereocenters. The van der Waals surface area contributed by atoms with Crippen molar-refractivity contribution in [1.29, 1.82) is 0 Å². The van der Waals surface area contributed by atoms with Crippen LogP contribution < -0.4 is 4.74 Å². The summed E-state index contributed by atoms with van der Waals surface area (Å²) >= 11 is 0. The summed E-state index contributed by atoms with van der Waals surface area (Å²) < 4.78 is 15.5. The van der Waals surface area contributed by atoms with Crippen molar-refractivity contribution >= 4 is 12.3 Å². The van der Waals surface area contributed by atoms with Crippen LogP contribution in [0, 0.1) is 0 Å². The second kappa shape index (κ2) is 8.87. The number of esters is 1. The van der Waals surface area contributed by atoms with Crippen molar-refractivity contribution in [2.75, 3.05) is 26.4 Å². The zero-order chi connectivity index (χ0) is 14.8. The van der Waals surface area contributed by atoms with E-state index in [-0.39, 0.29) is 6.61 Å². The number of carbonyl (C=O) groups excluding carboxylic acids is 2. The molecule has 20 heavy (non-hydrogen) atoms. The van der Waals surface area contributed by atoms with Crippen molar-refractivity contribution < 1.29 is 23.8 Å². The van der Waals surface area contributed by atoms with E-state index in [0.29, 0.717) is 36.7 Å². The van der Waals surface area contributed by atoms with Gasteiger partial charge in [-0.3, -0.25) is 4.79 Å². The predicted molar refractivity (Wildman–Crippen MR) is 73.9 cm³/mol. The van der Waals surface area contributed by atoms with Gasteiger partial charge in [-0.25, -0.2) is 4.79 Å². The Bertz CT molecular complexity index is 450. The summed E-state index contributed by atoms with van der Waals surface area (Å²) in [6.07, 6.45) is 0.777. The molecule has 0 unspecified atom stereocenters. The lowest BCUT2D eigenvalue weighted by molar-refractivity contribution is -0.140. The van der Waals surface area contributed by atoms with Crippen molar-refractivity contribution in [2.45, 2.75) is 6.92 Å². The van der Waals surface area contributed by atoms with Crippen molar-refractivity contribution in [2.24, 2.45) is 0 Å². The Hall–Kier alpha value is -2.14. The third kappa shape index (κ3) is 6.15. The molecule has 0 amide bonds. The second-order valence-corrected chi connectivity index (χ2v) is 4.06. The van der Waals surface area contributed by atoms with E-state index in [0.717, 1.165) is 6.29 Å². The van der Waals surface area contributed by atoms with Gasteiger partial charge in [0.2, 0.25) is 0 Å². The molecule has 5 heteroatoms. The Morgan fingerprint density at radius 3 is 2.40 bits per heavy atom. The fraction of sp³-hybridized carbons (Fsp3) is 0.333. The van der Waals surface area contributed by atoms with E-state index in [1.165, 1.54) is 0 Å². The number of ether oxygens (including phenoxy) is 3. The first kappa shape index (κ1) is 15.9. The molecule has 0 bridgehead atoms. The molecule has 0 saturated heterocycles. The first-order chi connectivity index (χ1) is 9.63. The Morgan fingerprint density at radius 1 is 1.15 bits per heavy atom. The maximum Gasteiger partial charge on any atom is 0.333 e. The van der Waals surface area contributed by atoms with Crippen LogP contribution in [0.25, 0.3) is 0 Å². The molecule has 1 aromatic rings. The lowest BCUT2D eigenvalue weighted by Crippen LogP contribution is -2.13. The molecule has 108 valence electrons. The largest absolute Gasteiger partial charge is 0.491 e. The van der Waals surface area contributed by atoms with Crippen LogP contribution in [0.4, 0.5) is 0 Å². The van der Waals surface area contributed by atoms with E-state index in [4.69, 9.17) is 14.2 Å². The molecule has 0 aromatic heterocycles. The molecule has 0 saturated carbocycles. The predicted octanol–water partition coefficient (Wildman–Crippen LogP) is 2.01. The van der Waals surface area contributed by atoms with Gasteiger partial charge in [0.05, 0.1) is 13.2 Å². The summed E-state index contributed by atoms with van der Waals surface area (Å²) in [4.78, 5) is 21.5. The van der Waals surface area contributed by atoms with Gasteiger partial charge in [0.1, 0.15) is 25.2 Å². The van der Waals surface area contributed by atoms with Gasteiger partial charge in [-0.1, -0.05) is 6.58 Å². The molecule has 0 spiro atoms. The lowest BCUT2D eigenvalue weighted by Gasteiger charge is -2.08. The summed E-state index contributed by atoms with van der Waals surface area (Å²) in [5, 5.41) is 0. The first-order valence-electron chi connectivity index (χ1n) is 6.22. The highest BCUT2D eigenvalue weighted by Gasteiger charge is 2.01. The van der Waals surface area contributed by atoms with Crippen molar-refractivity contribution in [1.82, 2.24) is 0 Å². The van der Waals surface area contributed by atoms with E-state index in [1.54, 1.807) is 31.2 Å². The Morgan fingerprint density at radius 2 is 1.80 bits per heavy atom. The molecule has 5 nitrogen and oxygen atoms in total. The van der Waals surface area contributed by atoms with Gasteiger partial charge in [0.25, 0.3) is 0 Å². The molecule has 0 aliphatic rings. The van der Waals surface area contributed by atoms with Gasteiger partial charge in [-0.15, -0.1) is 0 Å². The molecular weight excluding hydrogens is 260 g/mol. The summed E-state index contributed by atoms with van der Waals surface area (Å²) in [6.45, 7) is 6.34. The quantitative estimate of drug-likeness (QED) is 0.299. The average molecular weight is 278 g/mol. The van der Waals surface area contributed by atoms with Gasteiger partial charge in [0.15, 0.2) is 0 Å². The minimum absolute atomic E-state index is 0.194. The van der Waals surface area contributed by atoms with Crippen LogP contribution >= 0.6 is 0 Å². The molecule has 0 aliphatic carbocycles. The van der Waals surface area contributed by atoms with E-state index in [2.05, 4.69) is 6.58 Å². The van der Waals surface area contributed by atoms with Crippen molar-refractivity contribution in [3.8, 4) is 5.75 Å². The van der Waals surface area contributed by atoms with Gasteiger partial charge < -0.3 is 14.2 Å². The van der Waals surface area contributed by atoms with Crippen molar-refractivity contribution in [3.05, 3.63) is 42.0 Å². The number of rotatable bonds is 9. The van der Waals surface area contributed by atoms with Crippen LogP contribution in [0.2, 0.25) is 0 Å². The van der Waals surface area contributed by atoms with Gasteiger partial charge in [0, 0.05) is 11.1 Å². The Kier molecular flexibility index (Phi) is 7.06. The van der Waals surface area contributed by atoms with Gasteiger partial charge in [-0.05, 0) is 31.2 Å². The van der Waals surface area contributed by atoms with E-state index in [1.807, 2.05) is 0 Å². The summed E-state index contributed by atoms with van der Waals surface area (Å²) in [7, 11) is 0. The van der Waals surface area contributed by atoms with Gasteiger partial charge >= 0.3 is 5.97 Å². The van der Waals surface area contributed by atoms with Crippen LogP contribution in [0.15, 0.2) is 36.4 Å². The van der Waals surface area contributed by atoms with Gasteiger partial charge in [-0.2, -0.15) is 0 Å². The molecule has 1 aromatic carbocycles. The number of carbonyl (C=O) groups is 2. The number of benzene rings is 1. The van der Waals surface area contributed by atoms with Crippen LogP contribution in [0.5, 0.6) is 5.75 Å². The molecule has 1 rings (SSSR count).